The Morgan fingerprint density at radius 3 is 2.73 bits per heavy atom. The van der Waals surface area contributed by atoms with Crippen molar-refractivity contribution in [3.8, 4) is 17.4 Å². The fourth-order valence-corrected chi connectivity index (χ4v) is 4.50. The summed E-state index contributed by atoms with van der Waals surface area (Å²) in [4.78, 5) is 8.07. The zero-order valence-electron chi connectivity index (χ0n) is 13.7. The van der Waals surface area contributed by atoms with E-state index in [2.05, 4.69) is 9.97 Å². The molecular weight excluding hydrogens is 382 g/mol. The average molecular weight is 398 g/mol. The van der Waals surface area contributed by atoms with Gasteiger partial charge in [0.05, 0.1) is 23.9 Å². The summed E-state index contributed by atoms with van der Waals surface area (Å²) in [5.41, 5.74) is 0. The molecule has 8 nitrogen and oxygen atoms in total. The summed E-state index contributed by atoms with van der Waals surface area (Å²) in [6, 6.07) is 4.67. The number of ether oxygens (including phenoxy) is 3. The van der Waals surface area contributed by atoms with E-state index in [4.69, 9.17) is 25.8 Å². The molecular formula is C16H16ClN3O5S. The maximum absolute atomic E-state index is 12.7. The summed E-state index contributed by atoms with van der Waals surface area (Å²) in [7, 11) is -3.57. The molecule has 10 heteroatoms. The first-order chi connectivity index (χ1) is 12.5. The quantitative estimate of drug-likeness (QED) is 0.756. The third-order valence-corrected chi connectivity index (χ3v) is 6.13. The molecule has 0 atom stereocenters. The molecule has 3 heterocycles. The van der Waals surface area contributed by atoms with E-state index in [0.717, 1.165) is 0 Å². The number of sulfonamides is 1. The predicted octanol–water partition coefficient (Wildman–Crippen LogP) is 1.60. The Hall–Kier alpha value is -2.10. The van der Waals surface area contributed by atoms with Crippen molar-refractivity contribution in [2.75, 3.05) is 32.9 Å². The van der Waals surface area contributed by atoms with Crippen LogP contribution in [-0.2, 0) is 10.0 Å². The van der Waals surface area contributed by atoms with Crippen LogP contribution in [0.2, 0.25) is 5.15 Å². The number of aromatic nitrogens is 2. The van der Waals surface area contributed by atoms with Gasteiger partial charge in [-0.1, -0.05) is 11.6 Å². The van der Waals surface area contributed by atoms with Crippen LogP contribution >= 0.6 is 11.6 Å². The molecule has 1 aromatic heterocycles. The standard InChI is InChI=1S/C16H16ClN3O5S/c17-15-6-18-7-16(19-15)25-10-11-8-20(9-11)26(21,22)12-1-2-13-14(5-12)24-4-3-23-13/h1-2,5-7,11H,3-4,8-10H2. The van der Waals surface area contributed by atoms with Crippen molar-refractivity contribution in [3.05, 3.63) is 35.7 Å². The van der Waals surface area contributed by atoms with Gasteiger partial charge in [-0.05, 0) is 12.1 Å². The molecule has 1 fully saturated rings. The molecule has 1 saturated heterocycles. The van der Waals surface area contributed by atoms with Crippen LogP contribution < -0.4 is 14.2 Å². The van der Waals surface area contributed by atoms with E-state index in [1.165, 1.54) is 28.8 Å². The van der Waals surface area contributed by atoms with Gasteiger partial charge in [0, 0.05) is 25.1 Å². The van der Waals surface area contributed by atoms with Crippen molar-refractivity contribution in [3.63, 3.8) is 0 Å². The Bertz CT molecular complexity index is 918. The van der Waals surface area contributed by atoms with E-state index in [9.17, 15) is 8.42 Å². The number of nitrogens with zero attached hydrogens (tertiary/aromatic N) is 3. The highest BCUT2D eigenvalue weighted by Crippen LogP contribution is 2.34. The van der Waals surface area contributed by atoms with Gasteiger partial charge in [0.2, 0.25) is 15.9 Å². The highest BCUT2D eigenvalue weighted by molar-refractivity contribution is 7.89. The van der Waals surface area contributed by atoms with Crippen molar-refractivity contribution in [2.45, 2.75) is 4.90 Å². The number of halogens is 1. The molecule has 0 radical (unpaired) electrons. The molecule has 2 aliphatic heterocycles. The Balaban J connectivity index is 1.37. The Morgan fingerprint density at radius 2 is 1.96 bits per heavy atom. The maximum atomic E-state index is 12.7. The monoisotopic (exact) mass is 397 g/mol. The van der Waals surface area contributed by atoms with Crippen LogP contribution in [0.5, 0.6) is 17.4 Å². The molecule has 0 spiro atoms. The van der Waals surface area contributed by atoms with Crippen molar-refractivity contribution in [2.24, 2.45) is 5.92 Å². The van der Waals surface area contributed by atoms with Crippen LogP contribution in [0.25, 0.3) is 0 Å². The Labute approximate surface area is 155 Å². The lowest BCUT2D eigenvalue weighted by Gasteiger charge is -2.37. The zero-order valence-corrected chi connectivity index (χ0v) is 15.2. The second kappa shape index (κ2) is 6.90. The summed E-state index contributed by atoms with van der Waals surface area (Å²) in [5, 5.41) is 0.249. The van der Waals surface area contributed by atoms with E-state index < -0.39 is 10.0 Å². The Kier molecular flexibility index (Phi) is 4.60. The minimum atomic E-state index is -3.57. The second-order valence-electron chi connectivity index (χ2n) is 5.98. The smallest absolute Gasteiger partial charge is 0.243 e. The van der Waals surface area contributed by atoms with E-state index in [1.54, 1.807) is 6.07 Å². The molecule has 1 aromatic carbocycles. The summed E-state index contributed by atoms with van der Waals surface area (Å²) < 4.78 is 43.2. The molecule has 0 amide bonds. The van der Waals surface area contributed by atoms with Gasteiger partial charge in [0.25, 0.3) is 0 Å². The van der Waals surface area contributed by atoms with Crippen molar-refractivity contribution >= 4 is 21.6 Å². The molecule has 0 N–H and O–H groups in total. The number of hydrogen-bond acceptors (Lipinski definition) is 7. The van der Waals surface area contributed by atoms with Crippen molar-refractivity contribution < 1.29 is 22.6 Å². The molecule has 0 aliphatic carbocycles. The average Bonchev–Trinajstić information content (AvgIpc) is 2.60. The van der Waals surface area contributed by atoms with Crippen LogP contribution in [0, 0.1) is 5.92 Å². The van der Waals surface area contributed by atoms with Crippen molar-refractivity contribution in [1.29, 1.82) is 0 Å². The van der Waals surface area contributed by atoms with Crippen LogP contribution in [0.3, 0.4) is 0 Å². The lowest BCUT2D eigenvalue weighted by Crippen LogP contribution is -2.51. The number of rotatable bonds is 5. The molecule has 26 heavy (non-hydrogen) atoms. The summed E-state index contributed by atoms with van der Waals surface area (Å²) >= 11 is 5.75. The lowest BCUT2D eigenvalue weighted by molar-refractivity contribution is 0.126. The first-order valence-electron chi connectivity index (χ1n) is 8.02. The minimum absolute atomic E-state index is 0.0859. The van der Waals surface area contributed by atoms with E-state index in [1.807, 2.05) is 0 Å². The van der Waals surface area contributed by atoms with Crippen LogP contribution in [0.1, 0.15) is 0 Å². The van der Waals surface area contributed by atoms with Gasteiger partial charge in [-0.25, -0.2) is 8.42 Å². The van der Waals surface area contributed by atoms with Gasteiger partial charge in [-0.15, -0.1) is 0 Å². The second-order valence-corrected chi connectivity index (χ2v) is 8.31. The molecule has 2 aromatic rings. The SMILES string of the molecule is O=S(=O)(c1ccc2c(c1)OCCO2)N1CC(COc2cncc(Cl)n2)C1. The minimum Gasteiger partial charge on any atom is -0.486 e. The summed E-state index contributed by atoms with van der Waals surface area (Å²) in [6.45, 7) is 1.98. The number of benzene rings is 1. The zero-order chi connectivity index (χ0) is 18.1. The third kappa shape index (κ3) is 3.42. The van der Waals surface area contributed by atoms with E-state index >= 15 is 0 Å². The summed E-state index contributed by atoms with van der Waals surface area (Å²) in [6.07, 6.45) is 2.88. The highest BCUT2D eigenvalue weighted by atomic mass is 35.5. The first kappa shape index (κ1) is 17.3. The van der Waals surface area contributed by atoms with Gasteiger partial charge in [-0.2, -0.15) is 9.29 Å². The first-order valence-corrected chi connectivity index (χ1v) is 9.84. The maximum Gasteiger partial charge on any atom is 0.243 e. The Morgan fingerprint density at radius 1 is 1.19 bits per heavy atom. The van der Waals surface area contributed by atoms with E-state index in [-0.39, 0.29) is 16.0 Å². The van der Waals surface area contributed by atoms with Gasteiger partial charge < -0.3 is 14.2 Å². The summed E-state index contributed by atoms with van der Waals surface area (Å²) in [5.74, 6) is 1.43. The third-order valence-electron chi connectivity index (χ3n) is 4.13. The topological polar surface area (TPSA) is 90.9 Å². The fourth-order valence-electron chi connectivity index (χ4n) is 2.76. The van der Waals surface area contributed by atoms with Crippen LogP contribution in [-0.4, -0.2) is 55.6 Å². The van der Waals surface area contributed by atoms with Gasteiger partial charge in [-0.3, -0.25) is 4.98 Å². The van der Waals surface area contributed by atoms with Crippen molar-refractivity contribution in [1.82, 2.24) is 14.3 Å². The van der Waals surface area contributed by atoms with Crippen LogP contribution in [0.4, 0.5) is 0 Å². The van der Waals surface area contributed by atoms with Gasteiger partial charge in [0.15, 0.2) is 16.7 Å². The molecule has 4 rings (SSSR count). The number of fused-ring (bicyclic) bond motifs is 1. The lowest BCUT2D eigenvalue weighted by atomic mass is 10.1. The molecule has 2 aliphatic rings. The predicted molar refractivity (Wildman–Crippen MR) is 92.2 cm³/mol. The fraction of sp³-hybridized carbons (Fsp3) is 0.375. The van der Waals surface area contributed by atoms with Gasteiger partial charge in [0.1, 0.15) is 13.2 Å². The largest absolute Gasteiger partial charge is 0.486 e. The molecule has 138 valence electrons. The molecule has 0 bridgehead atoms. The highest BCUT2D eigenvalue weighted by Gasteiger charge is 2.37. The number of hydrogen-bond donors (Lipinski definition) is 0. The van der Waals surface area contributed by atoms with Gasteiger partial charge >= 0.3 is 0 Å². The van der Waals surface area contributed by atoms with Crippen LogP contribution in [0.15, 0.2) is 35.5 Å². The molecule has 0 unspecified atom stereocenters. The van der Waals surface area contributed by atoms with E-state index in [0.29, 0.717) is 50.3 Å². The molecule has 0 saturated carbocycles. The normalized spacial score (nSPS) is 17.6.